The first-order valence-corrected chi connectivity index (χ1v) is 7.29. The van der Waals surface area contributed by atoms with Crippen molar-refractivity contribution in [3.8, 4) is 5.75 Å². The van der Waals surface area contributed by atoms with Crippen molar-refractivity contribution in [2.75, 3.05) is 32.8 Å². The van der Waals surface area contributed by atoms with Gasteiger partial charge in [0, 0.05) is 4.47 Å². The van der Waals surface area contributed by atoms with Gasteiger partial charge in [0.05, 0.1) is 23.2 Å². The van der Waals surface area contributed by atoms with Crippen molar-refractivity contribution < 1.29 is 36.5 Å². The predicted molar refractivity (Wildman–Crippen MR) is 74.2 cm³/mol. The molecule has 0 saturated carbocycles. The number of Topliss-reactive ketones (excluding diaryl/α,β-unsaturated/α-hetero) is 1. The number of ether oxygens (including phenoxy) is 1. The Labute approximate surface area is 139 Å². The topological polar surface area (TPSA) is 51.0 Å². The highest BCUT2D eigenvalue weighted by molar-refractivity contribution is 9.11. The molecule has 0 radical (unpaired) electrons. The molecule has 0 bridgehead atoms. The van der Waals surface area contributed by atoms with Gasteiger partial charge in [-0.2, -0.15) is 0 Å². The molecule has 0 aliphatic carbocycles. The second-order valence-corrected chi connectivity index (χ2v) is 6.02. The third-order valence-electron chi connectivity index (χ3n) is 2.94. The molecule has 7 heteroatoms. The zero-order chi connectivity index (χ0) is 13.1. The summed E-state index contributed by atoms with van der Waals surface area (Å²) in [6.45, 7) is 3.44. The Hall–Kier alpha value is 0.0500. The zero-order valence-corrected chi connectivity index (χ0v) is 14.8. The van der Waals surface area contributed by atoms with Crippen molar-refractivity contribution in [2.45, 2.75) is 0 Å². The summed E-state index contributed by atoms with van der Waals surface area (Å²) in [6.07, 6.45) is 0. The number of carbonyl (C=O) groups is 1. The van der Waals surface area contributed by atoms with E-state index in [0.717, 1.165) is 17.6 Å². The minimum Gasteiger partial charge on any atom is -1.00 e. The maximum Gasteiger partial charge on any atom is 0.220 e. The number of halogens is 3. The third-order valence-corrected chi connectivity index (χ3v) is 4.00. The van der Waals surface area contributed by atoms with E-state index in [1.165, 1.54) is 4.90 Å². The molecule has 0 amide bonds. The quantitative estimate of drug-likeness (QED) is 0.515. The number of morpholine rings is 1. The van der Waals surface area contributed by atoms with Gasteiger partial charge >= 0.3 is 0 Å². The Morgan fingerprint density at radius 2 is 1.95 bits per heavy atom. The Balaban J connectivity index is 0.00000180. The molecule has 19 heavy (non-hydrogen) atoms. The fraction of sp³-hybridized carbons (Fsp3) is 0.417. The average Bonchev–Trinajstić information content (AvgIpc) is 2.35. The maximum atomic E-state index is 12.2. The van der Waals surface area contributed by atoms with Gasteiger partial charge in [-0.05, 0) is 28.1 Å². The molecule has 0 spiro atoms. The molecule has 106 valence electrons. The number of aromatic hydroxyl groups is 1. The first-order chi connectivity index (χ1) is 8.58. The van der Waals surface area contributed by atoms with Crippen molar-refractivity contribution in [1.29, 1.82) is 0 Å². The summed E-state index contributed by atoms with van der Waals surface area (Å²) in [5.74, 6) is -0.0396. The number of rotatable bonds is 3. The van der Waals surface area contributed by atoms with E-state index in [0.29, 0.717) is 29.8 Å². The van der Waals surface area contributed by atoms with E-state index in [-0.39, 0.29) is 28.5 Å². The second kappa shape index (κ2) is 7.73. The van der Waals surface area contributed by atoms with E-state index in [2.05, 4.69) is 31.9 Å². The largest absolute Gasteiger partial charge is 1.00 e. The first-order valence-electron chi connectivity index (χ1n) is 5.70. The summed E-state index contributed by atoms with van der Waals surface area (Å²) < 4.78 is 6.55. The fourth-order valence-corrected chi connectivity index (χ4v) is 3.16. The van der Waals surface area contributed by atoms with Gasteiger partial charge in [-0.25, -0.2) is 0 Å². The minimum absolute atomic E-state index is 0. The lowest BCUT2D eigenvalue weighted by molar-refractivity contribution is -0.899. The normalized spacial score (nSPS) is 15.9. The van der Waals surface area contributed by atoms with E-state index >= 15 is 0 Å². The van der Waals surface area contributed by atoms with Gasteiger partial charge in [0.15, 0.2) is 0 Å². The van der Waals surface area contributed by atoms with Crippen LogP contribution in [0, 0.1) is 0 Å². The Bertz CT molecular complexity index is 462. The SMILES string of the molecule is O=C(C[NH+]1CCOCC1)c1cc(Br)cc(Br)c1O.[Br-]. The molecule has 1 fully saturated rings. The molecule has 1 aliphatic rings. The van der Waals surface area contributed by atoms with Gasteiger partial charge in [0.1, 0.15) is 25.4 Å². The molecular weight excluding hydrogens is 446 g/mol. The lowest BCUT2D eigenvalue weighted by Gasteiger charge is -2.23. The van der Waals surface area contributed by atoms with Gasteiger partial charge in [-0.15, -0.1) is 0 Å². The van der Waals surface area contributed by atoms with Crippen LogP contribution in [0.5, 0.6) is 5.75 Å². The monoisotopic (exact) mass is 457 g/mol. The standard InChI is InChI=1S/C12H13Br2NO3.BrH/c13-8-5-9(12(17)10(14)6-8)11(16)7-15-1-3-18-4-2-15;/h5-6,17H,1-4,7H2;1H. The van der Waals surface area contributed by atoms with Crippen LogP contribution < -0.4 is 21.9 Å². The predicted octanol–water partition coefficient (Wildman–Crippen LogP) is -1.98. The van der Waals surface area contributed by atoms with Gasteiger partial charge in [0.25, 0.3) is 0 Å². The van der Waals surface area contributed by atoms with E-state index < -0.39 is 0 Å². The highest BCUT2D eigenvalue weighted by Gasteiger charge is 2.22. The lowest BCUT2D eigenvalue weighted by atomic mass is 10.1. The molecular formula is C12H14Br3NO3. The van der Waals surface area contributed by atoms with Crippen LogP contribution in [0.4, 0.5) is 0 Å². The number of hydrogen-bond acceptors (Lipinski definition) is 3. The average molecular weight is 460 g/mol. The smallest absolute Gasteiger partial charge is 0.220 e. The van der Waals surface area contributed by atoms with Crippen LogP contribution in [-0.2, 0) is 4.74 Å². The molecule has 1 aromatic rings. The van der Waals surface area contributed by atoms with Crippen molar-refractivity contribution >= 4 is 37.6 Å². The number of hydrogen-bond donors (Lipinski definition) is 2. The molecule has 0 atom stereocenters. The number of phenolic OH excluding ortho intramolecular Hbond substituents is 1. The molecule has 4 nitrogen and oxygen atoms in total. The zero-order valence-electron chi connectivity index (χ0n) is 10.1. The van der Waals surface area contributed by atoms with E-state index in [9.17, 15) is 9.90 Å². The van der Waals surface area contributed by atoms with Gasteiger partial charge < -0.3 is 31.7 Å². The van der Waals surface area contributed by atoms with Crippen molar-refractivity contribution in [2.24, 2.45) is 0 Å². The van der Waals surface area contributed by atoms with Crippen LogP contribution in [-0.4, -0.2) is 43.7 Å². The molecule has 2 N–H and O–H groups in total. The van der Waals surface area contributed by atoms with E-state index in [1.807, 2.05) is 0 Å². The number of nitrogens with one attached hydrogen (secondary N) is 1. The van der Waals surface area contributed by atoms with E-state index in [1.54, 1.807) is 12.1 Å². The number of quaternary nitrogens is 1. The van der Waals surface area contributed by atoms with Crippen molar-refractivity contribution in [3.05, 3.63) is 26.6 Å². The molecule has 1 aromatic carbocycles. The Kier molecular flexibility index (Phi) is 6.96. The molecule has 1 heterocycles. The molecule has 0 aromatic heterocycles. The third kappa shape index (κ3) is 4.53. The van der Waals surface area contributed by atoms with Crippen LogP contribution in [0.25, 0.3) is 0 Å². The summed E-state index contributed by atoms with van der Waals surface area (Å²) in [4.78, 5) is 13.4. The summed E-state index contributed by atoms with van der Waals surface area (Å²) >= 11 is 6.55. The van der Waals surface area contributed by atoms with Crippen LogP contribution in [0.1, 0.15) is 10.4 Å². The molecule has 1 saturated heterocycles. The number of carbonyl (C=O) groups excluding carboxylic acids is 1. The maximum absolute atomic E-state index is 12.2. The highest BCUT2D eigenvalue weighted by Crippen LogP contribution is 2.31. The van der Waals surface area contributed by atoms with Crippen molar-refractivity contribution in [3.63, 3.8) is 0 Å². The lowest BCUT2D eigenvalue weighted by Crippen LogP contribution is -3.14. The summed E-state index contributed by atoms with van der Waals surface area (Å²) in [5.41, 5.74) is 0.357. The van der Waals surface area contributed by atoms with Gasteiger partial charge in [-0.3, -0.25) is 4.79 Å². The molecule has 1 aliphatic heterocycles. The van der Waals surface area contributed by atoms with Crippen LogP contribution in [0.2, 0.25) is 0 Å². The van der Waals surface area contributed by atoms with Crippen LogP contribution >= 0.6 is 31.9 Å². The summed E-state index contributed by atoms with van der Waals surface area (Å²) in [6, 6.07) is 3.37. The van der Waals surface area contributed by atoms with Gasteiger partial charge in [0.2, 0.25) is 5.78 Å². The first kappa shape index (κ1) is 17.1. The second-order valence-electron chi connectivity index (χ2n) is 4.25. The van der Waals surface area contributed by atoms with E-state index in [4.69, 9.17) is 4.74 Å². The highest BCUT2D eigenvalue weighted by atomic mass is 79.9. The Morgan fingerprint density at radius 1 is 1.32 bits per heavy atom. The van der Waals surface area contributed by atoms with Crippen LogP contribution in [0.15, 0.2) is 21.1 Å². The number of ketones is 1. The number of phenols is 1. The van der Waals surface area contributed by atoms with Gasteiger partial charge in [-0.1, -0.05) is 15.9 Å². The minimum atomic E-state index is -0.0496. The van der Waals surface area contributed by atoms with Crippen molar-refractivity contribution in [1.82, 2.24) is 0 Å². The summed E-state index contributed by atoms with van der Waals surface area (Å²) in [7, 11) is 0. The fourth-order valence-electron chi connectivity index (χ4n) is 1.94. The summed E-state index contributed by atoms with van der Waals surface area (Å²) in [5, 5.41) is 9.90. The Morgan fingerprint density at radius 3 is 2.58 bits per heavy atom. The van der Waals surface area contributed by atoms with Crippen LogP contribution in [0.3, 0.4) is 0 Å². The number of benzene rings is 1. The molecule has 2 rings (SSSR count). The molecule has 0 unspecified atom stereocenters.